The van der Waals surface area contributed by atoms with E-state index >= 15 is 8.78 Å². The van der Waals surface area contributed by atoms with E-state index < -0.39 is 24.2 Å². The molecule has 52 heavy (non-hydrogen) atoms. The lowest BCUT2D eigenvalue weighted by atomic mass is 9.93. The highest BCUT2D eigenvalue weighted by molar-refractivity contribution is 7.23. The molecule has 2 aliphatic heterocycles. The number of halogens is 4. The molecular weight excluding hydrogens is 697 g/mol. The van der Waals surface area contributed by atoms with Crippen LogP contribution in [0.1, 0.15) is 69.3 Å². The summed E-state index contributed by atoms with van der Waals surface area (Å²) in [4.78, 5) is 26.4. The Labute approximate surface area is 298 Å². The summed E-state index contributed by atoms with van der Waals surface area (Å²) in [5, 5.41) is 12.2. The summed E-state index contributed by atoms with van der Waals surface area (Å²) in [6.45, 7) is 2.29. The molecule has 264 valence electrons. The number of hydrogen-bond donors (Lipinski definition) is 1. The van der Waals surface area contributed by atoms with E-state index in [4.69, 9.17) is 14.1 Å². The van der Waals surface area contributed by atoms with Gasteiger partial charge in [-0.1, -0.05) is 18.2 Å². The monoisotopic (exact) mass is 726 g/mol. The quantitative estimate of drug-likeness (QED) is 0.156. The van der Waals surface area contributed by atoms with Gasteiger partial charge in [0.1, 0.15) is 17.7 Å². The van der Waals surface area contributed by atoms with Crippen LogP contribution in [0.4, 0.5) is 23.4 Å². The number of carbonyl (C=O) groups excluding carboxylic acids is 1. The summed E-state index contributed by atoms with van der Waals surface area (Å²) >= 11 is 1.30. The number of hydrogen-bond acceptors (Lipinski definition) is 9. The number of rotatable bonds is 8. The van der Waals surface area contributed by atoms with Crippen molar-refractivity contribution in [2.24, 2.45) is 0 Å². The molecule has 6 heterocycles. The van der Waals surface area contributed by atoms with Crippen LogP contribution >= 0.6 is 11.3 Å². The Kier molecular flexibility index (Phi) is 7.58. The molecule has 14 heteroatoms. The van der Waals surface area contributed by atoms with Crippen molar-refractivity contribution in [3.63, 3.8) is 0 Å². The molecule has 9 nitrogen and oxygen atoms in total. The Morgan fingerprint density at radius 1 is 1.06 bits per heavy atom. The number of pyridine rings is 2. The zero-order valence-corrected chi connectivity index (χ0v) is 28.8. The van der Waals surface area contributed by atoms with Crippen molar-refractivity contribution in [2.75, 3.05) is 19.0 Å². The van der Waals surface area contributed by atoms with Gasteiger partial charge in [0.15, 0.2) is 11.6 Å². The molecule has 1 saturated heterocycles. The van der Waals surface area contributed by atoms with E-state index in [0.717, 1.165) is 24.5 Å². The van der Waals surface area contributed by atoms with Crippen molar-refractivity contribution in [3.8, 4) is 27.6 Å². The molecule has 1 amide bonds. The third-order valence-electron chi connectivity index (χ3n) is 10.2. The van der Waals surface area contributed by atoms with Crippen molar-refractivity contribution >= 4 is 33.1 Å². The lowest BCUT2D eigenvalue weighted by Crippen LogP contribution is -2.28. The van der Waals surface area contributed by atoms with Crippen LogP contribution < -0.4 is 10.1 Å². The van der Waals surface area contributed by atoms with Crippen LogP contribution in [0.5, 0.6) is 5.75 Å². The predicted molar refractivity (Wildman–Crippen MR) is 186 cm³/mol. The maximum Gasteiger partial charge on any atom is 0.276 e. The molecule has 6 aromatic rings. The summed E-state index contributed by atoms with van der Waals surface area (Å²) in [7, 11) is 1.26. The number of fused-ring (bicyclic) bond motifs is 5. The maximum absolute atomic E-state index is 15.7. The highest BCUT2D eigenvalue weighted by Gasteiger charge is 2.50. The first-order chi connectivity index (χ1) is 25.1. The van der Waals surface area contributed by atoms with Gasteiger partial charge in [-0.25, -0.2) is 22.5 Å². The molecule has 4 aromatic heterocycles. The van der Waals surface area contributed by atoms with E-state index in [-0.39, 0.29) is 46.4 Å². The topological polar surface area (TPSA) is 106 Å². The van der Waals surface area contributed by atoms with Crippen LogP contribution in [-0.2, 0) is 19.3 Å². The molecule has 1 fully saturated rings. The lowest BCUT2D eigenvalue weighted by molar-refractivity contribution is -0.00736. The zero-order chi connectivity index (χ0) is 35.9. The molecule has 1 N–H and O–H groups in total. The van der Waals surface area contributed by atoms with Gasteiger partial charge in [-0.05, 0) is 72.5 Å². The number of thiophene rings is 1. The Balaban J connectivity index is 1.21. The average Bonchev–Trinajstić information content (AvgIpc) is 3.95. The Morgan fingerprint density at radius 2 is 1.88 bits per heavy atom. The average molecular weight is 727 g/mol. The van der Waals surface area contributed by atoms with E-state index in [1.165, 1.54) is 42.8 Å². The highest BCUT2D eigenvalue weighted by Crippen LogP contribution is 2.52. The maximum atomic E-state index is 15.7. The van der Waals surface area contributed by atoms with E-state index in [0.29, 0.717) is 68.3 Å². The SMILES string of the molecule is COc1c(F)ccc2c1CC(F)(F)[C@H]2Nc1nccc2cc(-c3c4c(nc(CCc5ccc(F)cc5)c3-c3nnc(C)o3)[C@H]3CCCN3C4=O)sc12. The molecule has 0 spiro atoms. The van der Waals surface area contributed by atoms with Gasteiger partial charge in [-0.2, -0.15) is 0 Å². The fourth-order valence-corrected chi connectivity index (χ4v) is 9.05. The summed E-state index contributed by atoms with van der Waals surface area (Å²) < 4.78 is 71.3. The highest BCUT2D eigenvalue weighted by atomic mass is 32.1. The molecule has 1 aliphatic carbocycles. The first-order valence-corrected chi connectivity index (χ1v) is 17.7. The Hall–Kier alpha value is -5.37. The van der Waals surface area contributed by atoms with Gasteiger partial charge < -0.3 is 19.4 Å². The number of aromatic nitrogens is 4. The van der Waals surface area contributed by atoms with Crippen molar-refractivity contribution in [2.45, 2.75) is 57.0 Å². The molecule has 2 atom stereocenters. The summed E-state index contributed by atoms with van der Waals surface area (Å²) in [6, 6.07) is 10.8. The van der Waals surface area contributed by atoms with E-state index in [9.17, 15) is 13.6 Å². The minimum absolute atomic E-state index is 0.114. The number of aryl methyl sites for hydroxylation is 3. The number of methoxy groups -OCH3 is 1. The van der Waals surface area contributed by atoms with Crippen LogP contribution in [-0.4, -0.2) is 50.5 Å². The molecule has 2 aromatic carbocycles. The molecular formula is C38H30F4N6O3S. The number of anilines is 1. The van der Waals surface area contributed by atoms with Gasteiger partial charge in [0.25, 0.3) is 11.8 Å². The van der Waals surface area contributed by atoms with Gasteiger partial charge in [0.05, 0.1) is 40.4 Å². The molecule has 0 radical (unpaired) electrons. The Morgan fingerprint density at radius 3 is 2.65 bits per heavy atom. The molecule has 0 unspecified atom stereocenters. The van der Waals surface area contributed by atoms with E-state index in [2.05, 4.69) is 20.5 Å². The minimum atomic E-state index is -3.26. The van der Waals surface area contributed by atoms with Crippen LogP contribution in [0.3, 0.4) is 0 Å². The number of benzene rings is 2. The number of nitrogens with one attached hydrogen (secondary N) is 1. The normalized spacial score (nSPS) is 18.6. The fourth-order valence-electron chi connectivity index (χ4n) is 7.88. The second-order valence-electron chi connectivity index (χ2n) is 13.3. The third kappa shape index (κ3) is 5.13. The Bertz CT molecular complexity index is 2410. The van der Waals surface area contributed by atoms with Gasteiger partial charge in [0.2, 0.25) is 11.8 Å². The van der Waals surface area contributed by atoms with E-state index in [1.807, 2.05) is 11.0 Å². The van der Waals surface area contributed by atoms with Crippen LogP contribution in [0.15, 0.2) is 59.1 Å². The largest absolute Gasteiger partial charge is 0.493 e. The van der Waals surface area contributed by atoms with E-state index in [1.54, 1.807) is 25.1 Å². The molecule has 0 bridgehead atoms. The third-order valence-corrected chi connectivity index (χ3v) is 11.4. The standard InChI is InChI=1S/C38H30F4N6O3S/c1-18-46-47-36(51-18)28-25(12-7-19-5-8-21(39)9-6-19)44-31-26-4-3-15-48(26)37(49)30(31)29(28)27-16-20-13-14-43-35(33(20)52-27)45-34-22-10-11-24(40)32(50-2)23(22)17-38(34,41)42/h5-6,8-11,13-14,16,26,34H,3-4,7,12,15,17H2,1-2H3,(H,43,45)/t26-,34+/m1/s1. The van der Waals surface area contributed by atoms with Crippen molar-refractivity contribution in [1.29, 1.82) is 0 Å². The predicted octanol–water partition coefficient (Wildman–Crippen LogP) is 8.42. The van der Waals surface area contributed by atoms with Gasteiger partial charge >= 0.3 is 0 Å². The fraction of sp³-hybridized carbons (Fsp3) is 0.289. The summed E-state index contributed by atoms with van der Waals surface area (Å²) in [5.41, 5.74) is 4.16. The number of ether oxygens (including phenoxy) is 1. The van der Waals surface area contributed by atoms with Crippen LogP contribution in [0.25, 0.3) is 32.0 Å². The summed E-state index contributed by atoms with van der Waals surface area (Å²) in [5.74, 6) is -3.87. The first-order valence-electron chi connectivity index (χ1n) is 16.9. The molecule has 0 saturated carbocycles. The van der Waals surface area contributed by atoms with Gasteiger partial charge in [0, 0.05) is 42.1 Å². The van der Waals surface area contributed by atoms with Crippen molar-refractivity contribution in [3.05, 3.63) is 106 Å². The number of nitrogens with zero attached hydrogens (tertiary/aromatic N) is 5. The lowest BCUT2D eigenvalue weighted by Gasteiger charge is -2.22. The minimum Gasteiger partial charge on any atom is -0.493 e. The number of carbonyl (C=O) groups is 1. The number of amides is 1. The van der Waals surface area contributed by atoms with Crippen molar-refractivity contribution < 1.29 is 31.5 Å². The van der Waals surface area contributed by atoms with Gasteiger partial charge in [-0.15, -0.1) is 21.5 Å². The summed E-state index contributed by atoms with van der Waals surface area (Å²) in [6.07, 6.45) is 3.45. The van der Waals surface area contributed by atoms with Crippen molar-refractivity contribution in [1.82, 2.24) is 25.1 Å². The molecule has 3 aliphatic rings. The zero-order valence-electron chi connectivity index (χ0n) is 28.0. The smallest absolute Gasteiger partial charge is 0.276 e. The van der Waals surface area contributed by atoms with Gasteiger partial charge in [-0.3, -0.25) is 9.78 Å². The second-order valence-corrected chi connectivity index (χ2v) is 14.4. The van der Waals surface area contributed by atoms with Crippen LogP contribution in [0.2, 0.25) is 0 Å². The first kappa shape index (κ1) is 32.5. The number of alkyl halides is 2. The molecule has 9 rings (SSSR count). The second kappa shape index (κ2) is 12.1. The van der Waals surface area contributed by atoms with Crippen LogP contribution in [0, 0.1) is 18.6 Å².